The summed E-state index contributed by atoms with van der Waals surface area (Å²) in [5, 5.41) is 20.0. The van der Waals surface area contributed by atoms with Gasteiger partial charge < -0.3 is 10.2 Å². The summed E-state index contributed by atoms with van der Waals surface area (Å²) in [5.41, 5.74) is 2.08. The quantitative estimate of drug-likeness (QED) is 0.843. The summed E-state index contributed by atoms with van der Waals surface area (Å²) in [6, 6.07) is 19.5. The maximum absolute atomic E-state index is 9.98. The molecule has 0 fully saturated rings. The van der Waals surface area contributed by atoms with Crippen molar-refractivity contribution >= 4 is 0 Å². The SMILES string of the molecule is OC(Cc1ccccc1)[C@H](O)Cc1ccccc1. The average Bonchev–Trinajstić information content (AvgIpc) is 2.41. The normalized spacial score (nSPS) is 14.1. The van der Waals surface area contributed by atoms with Gasteiger partial charge in [0, 0.05) is 12.8 Å². The van der Waals surface area contributed by atoms with E-state index in [9.17, 15) is 10.2 Å². The Labute approximate surface area is 108 Å². The lowest BCUT2D eigenvalue weighted by Gasteiger charge is -2.18. The van der Waals surface area contributed by atoms with Crippen LogP contribution in [0.1, 0.15) is 11.1 Å². The molecule has 2 aromatic rings. The Morgan fingerprint density at radius 2 is 0.944 bits per heavy atom. The van der Waals surface area contributed by atoms with Crippen LogP contribution in [0.3, 0.4) is 0 Å². The van der Waals surface area contributed by atoms with Crippen molar-refractivity contribution in [1.82, 2.24) is 0 Å². The standard InChI is InChI=1S/C16H18O2/c17-15(11-13-7-3-1-4-8-13)16(18)12-14-9-5-2-6-10-14/h1-10,15-18H,11-12H2/t15-,16?/m1/s1. The van der Waals surface area contributed by atoms with Crippen LogP contribution >= 0.6 is 0 Å². The summed E-state index contributed by atoms with van der Waals surface area (Å²) >= 11 is 0. The first-order valence-electron chi connectivity index (χ1n) is 6.19. The zero-order valence-corrected chi connectivity index (χ0v) is 10.2. The topological polar surface area (TPSA) is 40.5 Å². The zero-order valence-electron chi connectivity index (χ0n) is 10.2. The molecule has 0 aliphatic carbocycles. The summed E-state index contributed by atoms with van der Waals surface area (Å²) in [5.74, 6) is 0. The minimum atomic E-state index is -0.729. The molecule has 0 saturated carbocycles. The molecule has 2 nitrogen and oxygen atoms in total. The Morgan fingerprint density at radius 3 is 1.28 bits per heavy atom. The molecule has 2 aromatic carbocycles. The molecule has 0 aliphatic heterocycles. The molecule has 0 radical (unpaired) electrons. The van der Waals surface area contributed by atoms with Crippen LogP contribution in [0.4, 0.5) is 0 Å². The minimum absolute atomic E-state index is 0.481. The molecule has 0 bridgehead atoms. The fourth-order valence-electron chi connectivity index (χ4n) is 1.98. The Kier molecular flexibility index (Phi) is 4.51. The Bertz CT molecular complexity index is 408. The van der Waals surface area contributed by atoms with Gasteiger partial charge in [-0.15, -0.1) is 0 Å². The van der Waals surface area contributed by atoms with E-state index < -0.39 is 12.2 Å². The van der Waals surface area contributed by atoms with Gasteiger partial charge >= 0.3 is 0 Å². The van der Waals surface area contributed by atoms with E-state index in [-0.39, 0.29) is 0 Å². The van der Waals surface area contributed by atoms with Gasteiger partial charge in [-0.25, -0.2) is 0 Å². The van der Waals surface area contributed by atoms with Gasteiger partial charge in [0.1, 0.15) is 0 Å². The smallest absolute Gasteiger partial charge is 0.0842 e. The predicted molar refractivity (Wildman–Crippen MR) is 72.3 cm³/mol. The van der Waals surface area contributed by atoms with Gasteiger partial charge in [0.25, 0.3) is 0 Å². The summed E-state index contributed by atoms with van der Waals surface area (Å²) in [6.07, 6.45) is -0.496. The maximum Gasteiger partial charge on any atom is 0.0842 e. The molecule has 0 spiro atoms. The Morgan fingerprint density at radius 1 is 0.611 bits per heavy atom. The Balaban J connectivity index is 1.91. The van der Waals surface area contributed by atoms with E-state index in [1.807, 2.05) is 60.7 Å². The van der Waals surface area contributed by atoms with Crippen LogP contribution in [0, 0.1) is 0 Å². The Hall–Kier alpha value is -1.64. The van der Waals surface area contributed by atoms with Crippen LogP contribution < -0.4 is 0 Å². The molecule has 18 heavy (non-hydrogen) atoms. The van der Waals surface area contributed by atoms with E-state index in [4.69, 9.17) is 0 Å². The number of benzene rings is 2. The van der Waals surface area contributed by atoms with Gasteiger partial charge in [-0.2, -0.15) is 0 Å². The first kappa shape index (κ1) is 12.8. The largest absolute Gasteiger partial charge is 0.390 e. The van der Waals surface area contributed by atoms with Gasteiger partial charge in [-0.05, 0) is 11.1 Å². The van der Waals surface area contributed by atoms with Crippen molar-refractivity contribution < 1.29 is 10.2 Å². The molecule has 1 unspecified atom stereocenters. The van der Waals surface area contributed by atoms with Gasteiger partial charge in [0.05, 0.1) is 12.2 Å². The van der Waals surface area contributed by atoms with Crippen molar-refractivity contribution in [2.75, 3.05) is 0 Å². The molecular formula is C16H18O2. The fourth-order valence-corrected chi connectivity index (χ4v) is 1.98. The highest BCUT2D eigenvalue weighted by molar-refractivity contribution is 5.18. The minimum Gasteiger partial charge on any atom is -0.390 e. The van der Waals surface area contributed by atoms with Crippen LogP contribution in [0.25, 0.3) is 0 Å². The number of aliphatic hydroxyl groups excluding tert-OH is 2. The lowest BCUT2D eigenvalue weighted by atomic mass is 9.99. The third-order valence-corrected chi connectivity index (χ3v) is 3.02. The predicted octanol–water partition coefficient (Wildman–Crippen LogP) is 2.19. The van der Waals surface area contributed by atoms with Gasteiger partial charge in [-0.3, -0.25) is 0 Å². The highest BCUT2D eigenvalue weighted by atomic mass is 16.3. The third kappa shape index (κ3) is 3.69. The van der Waals surface area contributed by atoms with Gasteiger partial charge in [0.2, 0.25) is 0 Å². The van der Waals surface area contributed by atoms with E-state index in [1.54, 1.807) is 0 Å². The molecule has 0 saturated heterocycles. The van der Waals surface area contributed by atoms with Crippen molar-refractivity contribution in [3.8, 4) is 0 Å². The highest BCUT2D eigenvalue weighted by Crippen LogP contribution is 2.10. The maximum atomic E-state index is 9.98. The molecule has 2 N–H and O–H groups in total. The molecule has 0 amide bonds. The number of hydrogen-bond donors (Lipinski definition) is 2. The van der Waals surface area contributed by atoms with Crippen molar-refractivity contribution in [2.45, 2.75) is 25.0 Å². The van der Waals surface area contributed by atoms with E-state index in [2.05, 4.69) is 0 Å². The van der Waals surface area contributed by atoms with Gasteiger partial charge in [-0.1, -0.05) is 60.7 Å². The summed E-state index contributed by atoms with van der Waals surface area (Å²) < 4.78 is 0. The first-order chi connectivity index (χ1) is 8.75. The highest BCUT2D eigenvalue weighted by Gasteiger charge is 2.16. The monoisotopic (exact) mass is 242 g/mol. The van der Waals surface area contributed by atoms with Crippen molar-refractivity contribution in [3.63, 3.8) is 0 Å². The number of hydrogen-bond acceptors (Lipinski definition) is 2. The van der Waals surface area contributed by atoms with E-state index in [1.165, 1.54) is 0 Å². The zero-order chi connectivity index (χ0) is 12.8. The molecule has 0 heterocycles. The third-order valence-electron chi connectivity index (χ3n) is 3.02. The lowest BCUT2D eigenvalue weighted by molar-refractivity contribution is 0.0206. The van der Waals surface area contributed by atoms with Gasteiger partial charge in [0.15, 0.2) is 0 Å². The molecule has 2 rings (SSSR count). The molecule has 2 atom stereocenters. The molecule has 0 aromatic heterocycles. The second-order valence-corrected chi connectivity index (χ2v) is 4.51. The molecular weight excluding hydrogens is 224 g/mol. The summed E-state index contributed by atoms with van der Waals surface area (Å²) in [4.78, 5) is 0. The van der Waals surface area contributed by atoms with E-state index in [0.29, 0.717) is 12.8 Å². The number of rotatable bonds is 5. The van der Waals surface area contributed by atoms with Crippen LogP contribution in [-0.4, -0.2) is 22.4 Å². The lowest BCUT2D eigenvalue weighted by Crippen LogP contribution is -2.29. The van der Waals surface area contributed by atoms with Crippen LogP contribution in [0.2, 0.25) is 0 Å². The van der Waals surface area contributed by atoms with Crippen LogP contribution in [-0.2, 0) is 12.8 Å². The molecule has 0 aliphatic rings. The fraction of sp³-hybridized carbons (Fsp3) is 0.250. The molecule has 2 heteroatoms. The van der Waals surface area contributed by atoms with Crippen LogP contribution in [0.5, 0.6) is 0 Å². The second-order valence-electron chi connectivity index (χ2n) is 4.51. The average molecular weight is 242 g/mol. The van der Waals surface area contributed by atoms with E-state index >= 15 is 0 Å². The van der Waals surface area contributed by atoms with E-state index in [0.717, 1.165) is 11.1 Å². The summed E-state index contributed by atoms with van der Waals surface area (Å²) in [7, 11) is 0. The first-order valence-corrected chi connectivity index (χ1v) is 6.19. The van der Waals surface area contributed by atoms with Crippen molar-refractivity contribution in [1.29, 1.82) is 0 Å². The summed E-state index contributed by atoms with van der Waals surface area (Å²) in [6.45, 7) is 0. The van der Waals surface area contributed by atoms with Crippen molar-refractivity contribution in [3.05, 3.63) is 71.8 Å². The molecule has 94 valence electrons. The van der Waals surface area contributed by atoms with Crippen molar-refractivity contribution in [2.24, 2.45) is 0 Å². The number of aliphatic hydroxyl groups is 2. The van der Waals surface area contributed by atoms with Crippen LogP contribution in [0.15, 0.2) is 60.7 Å². The second kappa shape index (κ2) is 6.34.